The number of hydrogen-bond acceptors (Lipinski definition) is 3. The third kappa shape index (κ3) is 3.65. The van der Waals surface area contributed by atoms with E-state index in [0.717, 1.165) is 10.6 Å². The molecule has 0 aliphatic carbocycles. The minimum Gasteiger partial charge on any atom is -0.278 e. The van der Waals surface area contributed by atoms with Gasteiger partial charge in [-0.1, -0.05) is 36.4 Å². The summed E-state index contributed by atoms with van der Waals surface area (Å²) in [5, 5.41) is 0. The standard InChI is InChI=1S/C15H15NO2S2/c1-2-12-19-15-11-7-6-10-14(15)16-20(17,18)13-8-4-3-5-9-13/h2-11,16H,1,12H2. The zero-order valence-corrected chi connectivity index (χ0v) is 12.5. The second-order valence-corrected chi connectivity index (χ2v) is 6.76. The number of para-hydroxylation sites is 1. The number of benzene rings is 2. The lowest BCUT2D eigenvalue weighted by atomic mass is 10.3. The summed E-state index contributed by atoms with van der Waals surface area (Å²) >= 11 is 1.54. The molecule has 0 aromatic heterocycles. The van der Waals surface area contributed by atoms with Crippen molar-refractivity contribution >= 4 is 27.5 Å². The van der Waals surface area contributed by atoms with E-state index in [1.165, 1.54) is 11.8 Å². The van der Waals surface area contributed by atoms with Crippen molar-refractivity contribution in [1.29, 1.82) is 0 Å². The first kappa shape index (κ1) is 14.7. The molecule has 0 saturated carbocycles. The zero-order chi connectivity index (χ0) is 14.4. The van der Waals surface area contributed by atoms with Crippen LogP contribution in [0.5, 0.6) is 0 Å². The molecule has 2 aromatic carbocycles. The maximum absolute atomic E-state index is 12.3. The highest BCUT2D eigenvalue weighted by atomic mass is 32.2. The molecule has 20 heavy (non-hydrogen) atoms. The molecule has 0 bridgehead atoms. The Morgan fingerprint density at radius 1 is 1.05 bits per heavy atom. The lowest BCUT2D eigenvalue weighted by Gasteiger charge is -2.11. The van der Waals surface area contributed by atoms with Gasteiger partial charge in [0.25, 0.3) is 10.0 Å². The van der Waals surface area contributed by atoms with Crippen molar-refractivity contribution in [2.75, 3.05) is 10.5 Å². The van der Waals surface area contributed by atoms with Crippen molar-refractivity contribution in [2.24, 2.45) is 0 Å². The van der Waals surface area contributed by atoms with Crippen LogP contribution in [0.15, 0.2) is 77.0 Å². The number of thioether (sulfide) groups is 1. The third-order valence-electron chi connectivity index (χ3n) is 2.54. The predicted molar refractivity (Wildman–Crippen MR) is 84.6 cm³/mol. The molecule has 0 unspecified atom stereocenters. The zero-order valence-electron chi connectivity index (χ0n) is 10.8. The molecule has 2 aromatic rings. The molecule has 0 amide bonds. The number of anilines is 1. The van der Waals surface area contributed by atoms with E-state index < -0.39 is 10.0 Å². The van der Waals surface area contributed by atoms with Crippen LogP contribution in [-0.4, -0.2) is 14.2 Å². The quantitative estimate of drug-likeness (QED) is 0.653. The third-order valence-corrected chi connectivity index (χ3v) is 4.99. The summed E-state index contributed by atoms with van der Waals surface area (Å²) in [4.78, 5) is 1.13. The van der Waals surface area contributed by atoms with E-state index >= 15 is 0 Å². The van der Waals surface area contributed by atoms with Gasteiger partial charge >= 0.3 is 0 Å². The van der Waals surface area contributed by atoms with E-state index in [1.54, 1.807) is 48.5 Å². The van der Waals surface area contributed by atoms with Crippen LogP contribution in [0.1, 0.15) is 0 Å². The van der Waals surface area contributed by atoms with Gasteiger partial charge in [0.15, 0.2) is 0 Å². The monoisotopic (exact) mass is 305 g/mol. The van der Waals surface area contributed by atoms with E-state index in [2.05, 4.69) is 11.3 Å². The second kappa shape index (κ2) is 6.63. The van der Waals surface area contributed by atoms with Crippen molar-refractivity contribution in [1.82, 2.24) is 0 Å². The van der Waals surface area contributed by atoms with Crippen molar-refractivity contribution < 1.29 is 8.42 Å². The second-order valence-electron chi connectivity index (χ2n) is 4.01. The summed E-state index contributed by atoms with van der Waals surface area (Å²) < 4.78 is 27.2. The van der Waals surface area contributed by atoms with Gasteiger partial charge in [0.2, 0.25) is 0 Å². The molecule has 0 aliphatic rings. The van der Waals surface area contributed by atoms with Gasteiger partial charge in [-0.25, -0.2) is 8.42 Å². The fraction of sp³-hybridized carbons (Fsp3) is 0.0667. The Morgan fingerprint density at radius 3 is 2.40 bits per heavy atom. The Balaban J connectivity index is 2.28. The highest BCUT2D eigenvalue weighted by Crippen LogP contribution is 2.28. The maximum Gasteiger partial charge on any atom is 0.261 e. The number of sulfonamides is 1. The van der Waals surface area contributed by atoms with Gasteiger partial charge in [-0.3, -0.25) is 4.72 Å². The van der Waals surface area contributed by atoms with Crippen molar-refractivity contribution in [3.8, 4) is 0 Å². The summed E-state index contributed by atoms with van der Waals surface area (Å²) in [6, 6.07) is 15.7. The lowest BCUT2D eigenvalue weighted by Crippen LogP contribution is -2.13. The molecule has 0 saturated heterocycles. The molecular weight excluding hydrogens is 290 g/mol. The SMILES string of the molecule is C=CCSc1ccccc1NS(=O)(=O)c1ccccc1. The summed E-state index contributed by atoms with van der Waals surface area (Å²) in [5.41, 5.74) is 0.586. The van der Waals surface area contributed by atoms with Crippen LogP contribution in [0.3, 0.4) is 0 Å². The van der Waals surface area contributed by atoms with Gasteiger partial charge in [-0.2, -0.15) is 0 Å². The molecular formula is C15H15NO2S2. The van der Waals surface area contributed by atoms with Crippen LogP contribution in [0.25, 0.3) is 0 Å². The molecule has 104 valence electrons. The normalized spacial score (nSPS) is 11.0. The van der Waals surface area contributed by atoms with Gasteiger partial charge in [0.05, 0.1) is 10.6 Å². The average Bonchev–Trinajstić information content (AvgIpc) is 2.47. The van der Waals surface area contributed by atoms with Gasteiger partial charge in [-0.05, 0) is 24.3 Å². The first-order valence-corrected chi connectivity index (χ1v) is 8.51. The smallest absolute Gasteiger partial charge is 0.261 e. The van der Waals surface area contributed by atoms with Crippen LogP contribution in [0.2, 0.25) is 0 Å². The molecule has 0 atom stereocenters. The van der Waals surface area contributed by atoms with E-state index in [9.17, 15) is 8.42 Å². The summed E-state index contributed by atoms with van der Waals surface area (Å²) in [7, 11) is -3.55. The van der Waals surface area contributed by atoms with Crippen molar-refractivity contribution in [3.63, 3.8) is 0 Å². The van der Waals surface area contributed by atoms with Crippen molar-refractivity contribution in [3.05, 3.63) is 67.3 Å². The highest BCUT2D eigenvalue weighted by molar-refractivity contribution is 7.99. The largest absolute Gasteiger partial charge is 0.278 e. The summed E-state index contributed by atoms with van der Waals surface area (Å²) in [6.07, 6.45) is 1.78. The Morgan fingerprint density at radius 2 is 1.70 bits per heavy atom. The molecule has 0 aliphatic heterocycles. The Bertz CT molecular complexity index is 682. The van der Waals surface area contributed by atoms with Crippen LogP contribution in [0, 0.1) is 0 Å². The molecule has 1 N–H and O–H groups in total. The average molecular weight is 305 g/mol. The first-order valence-electron chi connectivity index (χ1n) is 6.04. The predicted octanol–water partition coefficient (Wildman–Crippen LogP) is 3.77. The highest BCUT2D eigenvalue weighted by Gasteiger charge is 2.15. The van der Waals surface area contributed by atoms with Crippen LogP contribution >= 0.6 is 11.8 Å². The molecule has 5 heteroatoms. The number of rotatable bonds is 6. The molecule has 3 nitrogen and oxygen atoms in total. The number of nitrogens with one attached hydrogen (secondary N) is 1. The van der Waals surface area contributed by atoms with Gasteiger partial charge in [0, 0.05) is 10.6 Å². The van der Waals surface area contributed by atoms with Gasteiger partial charge in [-0.15, -0.1) is 18.3 Å². The molecule has 0 heterocycles. The van der Waals surface area contributed by atoms with E-state index in [0.29, 0.717) is 5.69 Å². The van der Waals surface area contributed by atoms with Gasteiger partial charge < -0.3 is 0 Å². The first-order chi connectivity index (χ1) is 9.63. The molecule has 0 spiro atoms. The minimum absolute atomic E-state index is 0.253. The van der Waals surface area contributed by atoms with Crippen LogP contribution < -0.4 is 4.72 Å². The van der Waals surface area contributed by atoms with Gasteiger partial charge in [0.1, 0.15) is 0 Å². The minimum atomic E-state index is -3.55. The Hall–Kier alpha value is -1.72. The lowest BCUT2D eigenvalue weighted by molar-refractivity contribution is 0.601. The molecule has 0 fully saturated rings. The number of hydrogen-bond donors (Lipinski definition) is 1. The Labute approximate surface area is 123 Å². The summed E-state index contributed by atoms with van der Waals surface area (Å²) in [6.45, 7) is 3.67. The maximum atomic E-state index is 12.3. The van der Waals surface area contributed by atoms with E-state index in [-0.39, 0.29) is 4.90 Å². The topological polar surface area (TPSA) is 46.2 Å². The van der Waals surface area contributed by atoms with E-state index in [1.807, 2.05) is 12.1 Å². The van der Waals surface area contributed by atoms with Crippen LogP contribution in [0.4, 0.5) is 5.69 Å². The van der Waals surface area contributed by atoms with Crippen LogP contribution in [-0.2, 0) is 10.0 Å². The Kier molecular flexibility index (Phi) is 4.87. The van der Waals surface area contributed by atoms with Crippen molar-refractivity contribution in [2.45, 2.75) is 9.79 Å². The molecule has 0 radical (unpaired) electrons. The fourth-order valence-corrected chi connectivity index (χ4v) is 3.54. The fourth-order valence-electron chi connectivity index (χ4n) is 1.63. The molecule has 2 rings (SSSR count). The summed E-state index contributed by atoms with van der Waals surface area (Å²) in [5.74, 6) is 0.726. The van der Waals surface area contributed by atoms with E-state index in [4.69, 9.17) is 0 Å².